The smallest absolute Gasteiger partial charge is 0.127 e. The number of likely N-dealkylation sites (N-methyl/N-ethyl adjacent to an activating group) is 1. The van der Waals surface area contributed by atoms with Gasteiger partial charge in [0.15, 0.2) is 0 Å². The van der Waals surface area contributed by atoms with Gasteiger partial charge in [-0.05, 0) is 45.9 Å². The zero-order valence-electron chi connectivity index (χ0n) is 14.1. The van der Waals surface area contributed by atoms with Crippen LogP contribution < -0.4 is 5.32 Å². The van der Waals surface area contributed by atoms with Gasteiger partial charge in [-0.2, -0.15) is 0 Å². The zero-order valence-corrected chi connectivity index (χ0v) is 14.1. The molecule has 1 N–H and O–H groups in total. The number of nitrogens with one attached hydrogen (secondary N) is 1. The molecular formula is C18H29FN2. The van der Waals surface area contributed by atoms with Crippen molar-refractivity contribution in [2.45, 2.75) is 53.2 Å². The van der Waals surface area contributed by atoms with Gasteiger partial charge in [0.2, 0.25) is 0 Å². The highest BCUT2D eigenvalue weighted by molar-refractivity contribution is 5.25. The summed E-state index contributed by atoms with van der Waals surface area (Å²) < 4.78 is 14.0. The summed E-state index contributed by atoms with van der Waals surface area (Å²) in [5, 5.41) is 3.43. The van der Waals surface area contributed by atoms with Gasteiger partial charge in [0, 0.05) is 30.7 Å². The molecule has 1 aromatic rings. The molecule has 0 saturated heterocycles. The first kappa shape index (κ1) is 17.9. The molecule has 2 nitrogen and oxygen atoms in total. The van der Waals surface area contributed by atoms with E-state index in [1.165, 1.54) is 0 Å². The molecule has 0 atom stereocenters. The Hall–Kier alpha value is -1.19. The number of rotatable bonds is 7. The summed E-state index contributed by atoms with van der Waals surface area (Å²) in [5.74, 6) is -0.130. The average molecular weight is 292 g/mol. The molecule has 0 aliphatic rings. The molecule has 0 heterocycles. The molecule has 0 aliphatic carbocycles. The van der Waals surface area contributed by atoms with Gasteiger partial charge in [-0.3, -0.25) is 4.90 Å². The Balaban J connectivity index is 2.79. The van der Waals surface area contributed by atoms with Crippen molar-refractivity contribution in [3.05, 3.63) is 47.3 Å². The van der Waals surface area contributed by atoms with Gasteiger partial charge in [0.1, 0.15) is 5.82 Å². The van der Waals surface area contributed by atoms with E-state index in [1.807, 2.05) is 19.1 Å². The minimum atomic E-state index is -0.130. The van der Waals surface area contributed by atoms with E-state index in [9.17, 15) is 4.39 Å². The van der Waals surface area contributed by atoms with Crippen LogP contribution >= 0.6 is 0 Å². The maximum Gasteiger partial charge on any atom is 0.127 e. The van der Waals surface area contributed by atoms with E-state index in [1.54, 1.807) is 6.07 Å². The highest BCUT2D eigenvalue weighted by atomic mass is 19.1. The largest absolute Gasteiger partial charge is 0.308 e. The van der Waals surface area contributed by atoms with Crippen LogP contribution in [0.2, 0.25) is 0 Å². The van der Waals surface area contributed by atoms with E-state index in [0.29, 0.717) is 6.54 Å². The molecular weight excluding hydrogens is 263 g/mol. The Kier molecular flexibility index (Phi) is 6.56. The predicted molar refractivity (Wildman–Crippen MR) is 88.8 cm³/mol. The van der Waals surface area contributed by atoms with Crippen molar-refractivity contribution in [2.75, 3.05) is 13.1 Å². The molecule has 0 bridgehead atoms. The van der Waals surface area contributed by atoms with Crippen LogP contribution in [0.1, 0.15) is 45.7 Å². The van der Waals surface area contributed by atoms with Crippen molar-refractivity contribution >= 4 is 0 Å². The first-order valence-corrected chi connectivity index (χ1v) is 7.60. The first-order chi connectivity index (χ1) is 9.71. The molecule has 1 aromatic carbocycles. The maximum absolute atomic E-state index is 14.0. The zero-order chi connectivity index (χ0) is 16.0. The Bertz CT molecular complexity index is 475. The second-order valence-corrected chi connectivity index (χ2v) is 6.79. The molecule has 0 saturated carbocycles. The van der Waals surface area contributed by atoms with Gasteiger partial charge in [0.25, 0.3) is 0 Å². The van der Waals surface area contributed by atoms with Crippen LogP contribution in [0, 0.1) is 5.82 Å². The fourth-order valence-corrected chi connectivity index (χ4v) is 2.13. The summed E-state index contributed by atoms with van der Waals surface area (Å²) in [6.07, 6.45) is 0. The molecule has 118 valence electrons. The summed E-state index contributed by atoms with van der Waals surface area (Å²) in [4.78, 5) is 2.20. The summed E-state index contributed by atoms with van der Waals surface area (Å²) in [6, 6.07) is 5.39. The van der Waals surface area contributed by atoms with Gasteiger partial charge >= 0.3 is 0 Å². The molecule has 0 radical (unpaired) electrons. The van der Waals surface area contributed by atoms with Gasteiger partial charge in [-0.1, -0.05) is 31.2 Å². The van der Waals surface area contributed by atoms with E-state index < -0.39 is 0 Å². The maximum atomic E-state index is 14.0. The lowest BCUT2D eigenvalue weighted by Gasteiger charge is -2.22. The van der Waals surface area contributed by atoms with E-state index in [2.05, 4.69) is 44.5 Å². The Morgan fingerprint density at radius 2 is 2.00 bits per heavy atom. The van der Waals surface area contributed by atoms with Gasteiger partial charge in [-0.15, -0.1) is 0 Å². The second kappa shape index (κ2) is 7.71. The fourth-order valence-electron chi connectivity index (χ4n) is 2.13. The monoisotopic (exact) mass is 292 g/mol. The van der Waals surface area contributed by atoms with E-state index in [0.717, 1.165) is 36.3 Å². The van der Waals surface area contributed by atoms with Crippen LogP contribution in [-0.2, 0) is 13.1 Å². The van der Waals surface area contributed by atoms with E-state index >= 15 is 0 Å². The molecule has 0 aromatic heterocycles. The molecule has 21 heavy (non-hydrogen) atoms. The summed E-state index contributed by atoms with van der Waals surface area (Å²) >= 11 is 0. The minimum absolute atomic E-state index is 0.0595. The standard InChI is InChI=1S/C18H29FN2/c1-7-21(12-14(2)3)13-16-10-15(8-9-17(16)19)11-20-18(4,5)6/h8-10,20H,2,7,11-13H2,1,3-6H3. The lowest BCUT2D eigenvalue weighted by Crippen LogP contribution is -2.35. The summed E-state index contributed by atoms with van der Waals surface area (Å²) in [5.41, 5.74) is 3.03. The van der Waals surface area contributed by atoms with E-state index in [-0.39, 0.29) is 11.4 Å². The second-order valence-electron chi connectivity index (χ2n) is 6.79. The average Bonchev–Trinajstić information content (AvgIpc) is 2.37. The molecule has 0 amide bonds. The number of benzene rings is 1. The third kappa shape index (κ3) is 6.87. The van der Waals surface area contributed by atoms with Crippen molar-refractivity contribution in [1.29, 1.82) is 0 Å². The third-order valence-electron chi connectivity index (χ3n) is 3.27. The fraction of sp³-hybridized carbons (Fsp3) is 0.556. The molecule has 1 rings (SSSR count). The van der Waals surface area contributed by atoms with Gasteiger partial charge in [0.05, 0.1) is 0 Å². The summed E-state index contributed by atoms with van der Waals surface area (Å²) in [7, 11) is 0. The number of halogens is 1. The van der Waals surface area contributed by atoms with Crippen LogP contribution in [0.15, 0.2) is 30.4 Å². The van der Waals surface area contributed by atoms with Gasteiger partial charge in [-0.25, -0.2) is 4.39 Å². The van der Waals surface area contributed by atoms with Crippen LogP contribution in [0.25, 0.3) is 0 Å². The number of hydrogen-bond acceptors (Lipinski definition) is 2. The van der Waals surface area contributed by atoms with Crippen molar-refractivity contribution in [3.8, 4) is 0 Å². The molecule has 0 unspecified atom stereocenters. The highest BCUT2D eigenvalue weighted by Gasteiger charge is 2.11. The van der Waals surface area contributed by atoms with Crippen LogP contribution in [0.3, 0.4) is 0 Å². The van der Waals surface area contributed by atoms with Crippen molar-refractivity contribution in [3.63, 3.8) is 0 Å². The van der Waals surface area contributed by atoms with Crippen LogP contribution in [-0.4, -0.2) is 23.5 Å². The molecule has 3 heteroatoms. The van der Waals surface area contributed by atoms with Crippen molar-refractivity contribution < 1.29 is 4.39 Å². The Labute approximate surface area is 129 Å². The number of hydrogen-bond donors (Lipinski definition) is 1. The minimum Gasteiger partial charge on any atom is -0.308 e. The van der Waals surface area contributed by atoms with Crippen molar-refractivity contribution in [2.24, 2.45) is 0 Å². The lowest BCUT2D eigenvalue weighted by molar-refractivity contribution is 0.299. The van der Waals surface area contributed by atoms with Crippen molar-refractivity contribution in [1.82, 2.24) is 10.2 Å². The number of nitrogens with zero attached hydrogens (tertiary/aromatic N) is 1. The third-order valence-corrected chi connectivity index (χ3v) is 3.27. The van der Waals surface area contributed by atoms with Crippen LogP contribution in [0.4, 0.5) is 4.39 Å². The topological polar surface area (TPSA) is 15.3 Å². The Morgan fingerprint density at radius 1 is 1.33 bits per heavy atom. The Morgan fingerprint density at radius 3 is 2.52 bits per heavy atom. The first-order valence-electron chi connectivity index (χ1n) is 7.60. The summed E-state index contributed by atoms with van der Waals surface area (Å²) in [6.45, 7) is 17.5. The van der Waals surface area contributed by atoms with Crippen LogP contribution in [0.5, 0.6) is 0 Å². The highest BCUT2D eigenvalue weighted by Crippen LogP contribution is 2.15. The normalized spacial score (nSPS) is 12.0. The quantitative estimate of drug-likeness (QED) is 0.761. The SMILES string of the molecule is C=C(C)CN(CC)Cc1cc(CNC(C)(C)C)ccc1F. The molecule has 0 aliphatic heterocycles. The molecule has 0 spiro atoms. The lowest BCUT2D eigenvalue weighted by atomic mass is 10.1. The predicted octanol–water partition coefficient (Wildman–Crippen LogP) is 4.11. The molecule has 0 fully saturated rings. The van der Waals surface area contributed by atoms with Gasteiger partial charge < -0.3 is 5.32 Å². The van der Waals surface area contributed by atoms with E-state index in [4.69, 9.17) is 0 Å².